The maximum Gasteiger partial charge on any atom is 0.253 e. The number of alkyl halides is 2. The first kappa shape index (κ1) is 23.7. The van der Waals surface area contributed by atoms with Crippen molar-refractivity contribution in [1.82, 2.24) is 0 Å². The summed E-state index contributed by atoms with van der Waals surface area (Å²) < 4.78 is 35.1. The average molecular weight is 421 g/mol. The Morgan fingerprint density at radius 2 is 1.63 bits per heavy atom. The number of hydrogen-bond donors (Lipinski definition) is 0. The van der Waals surface area contributed by atoms with E-state index >= 15 is 0 Å². The van der Waals surface area contributed by atoms with E-state index in [1.54, 1.807) is 0 Å². The molecule has 0 saturated heterocycles. The van der Waals surface area contributed by atoms with Crippen molar-refractivity contribution in [3.8, 4) is 0 Å². The van der Waals surface area contributed by atoms with Crippen LogP contribution in [0.5, 0.6) is 0 Å². The summed E-state index contributed by atoms with van der Waals surface area (Å²) in [7, 11) is 0. The molecule has 1 aromatic carbocycles. The smallest absolute Gasteiger partial charge is 0.253 e. The van der Waals surface area contributed by atoms with E-state index in [9.17, 15) is 8.78 Å². The lowest BCUT2D eigenvalue weighted by Crippen LogP contribution is -2.39. The molecule has 0 aliphatic heterocycles. The van der Waals surface area contributed by atoms with Crippen LogP contribution >= 0.6 is 0 Å². The van der Waals surface area contributed by atoms with Gasteiger partial charge in [-0.15, -0.1) is 0 Å². The van der Waals surface area contributed by atoms with E-state index in [2.05, 4.69) is 38.1 Å². The summed E-state index contributed by atoms with van der Waals surface area (Å²) in [5.74, 6) is -2.33. The van der Waals surface area contributed by atoms with Gasteiger partial charge in [0.15, 0.2) is 0 Å². The molecule has 2 saturated carbocycles. The fourth-order valence-electron chi connectivity index (χ4n) is 5.51. The molecule has 0 radical (unpaired) electrons. The molecule has 1 aromatic rings. The quantitative estimate of drug-likeness (QED) is 0.346. The van der Waals surface area contributed by atoms with Gasteiger partial charge in [-0.2, -0.15) is 0 Å². The van der Waals surface area contributed by atoms with Gasteiger partial charge >= 0.3 is 0 Å². The summed E-state index contributed by atoms with van der Waals surface area (Å²) in [5, 5.41) is 0. The summed E-state index contributed by atoms with van der Waals surface area (Å²) in [6, 6.07) is 9.21. The second-order valence-electron chi connectivity index (χ2n) is 9.90. The third kappa shape index (κ3) is 6.77. The van der Waals surface area contributed by atoms with Crippen molar-refractivity contribution in [1.29, 1.82) is 0 Å². The highest BCUT2D eigenvalue weighted by Crippen LogP contribution is 2.43. The second-order valence-corrected chi connectivity index (χ2v) is 9.90. The van der Waals surface area contributed by atoms with E-state index in [1.165, 1.54) is 36.8 Å². The van der Waals surface area contributed by atoms with Gasteiger partial charge < -0.3 is 4.74 Å². The van der Waals surface area contributed by atoms with Gasteiger partial charge in [-0.25, -0.2) is 8.78 Å². The molecule has 2 atom stereocenters. The van der Waals surface area contributed by atoms with Gasteiger partial charge in [-0.1, -0.05) is 63.8 Å². The van der Waals surface area contributed by atoms with Crippen molar-refractivity contribution >= 4 is 0 Å². The van der Waals surface area contributed by atoms with Crippen molar-refractivity contribution in [2.24, 2.45) is 11.8 Å². The molecule has 170 valence electrons. The second kappa shape index (κ2) is 11.6. The van der Waals surface area contributed by atoms with Crippen molar-refractivity contribution in [2.45, 2.75) is 115 Å². The molecule has 2 fully saturated rings. The first-order valence-electron chi connectivity index (χ1n) is 12.6. The number of unbranched alkanes of at least 4 members (excludes halogenated alkanes) is 2. The Kier molecular flexibility index (Phi) is 9.16. The largest absolute Gasteiger partial charge is 0.378 e. The lowest BCUT2D eigenvalue weighted by Gasteiger charge is -2.37. The van der Waals surface area contributed by atoms with E-state index in [-0.39, 0.29) is 25.0 Å². The zero-order chi connectivity index (χ0) is 21.4. The van der Waals surface area contributed by atoms with Gasteiger partial charge in [0.05, 0.1) is 12.7 Å². The molecule has 2 aliphatic rings. The van der Waals surface area contributed by atoms with Gasteiger partial charge in [0.2, 0.25) is 0 Å². The van der Waals surface area contributed by atoms with Crippen LogP contribution in [0.2, 0.25) is 0 Å². The molecule has 0 N–H and O–H groups in total. The molecule has 0 aromatic heterocycles. The molecule has 0 amide bonds. The maximum atomic E-state index is 14.5. The van der Waals surface area contributed by atoms with Crippen molar-refractivity contribution in [3.05, 3.63) is 35.4 Å². The predicted molar refractivity (Wildman–Crippen MR) is 121 cm³/mol. The van der Waals surface area contributed by atoms with Crippen LogP contribution in [-0.4, -0.2) is 18.6 Å². The molecule has 2 aliphatic carbocycles. The highest BCUT2D eigenvalue weighted by Gasteiger charge is 2.45. The lowest BCUT2D eigenvalue weighted by atomic mass is 9.77. The summed E-state index contributed by atoms with van der Waals surface area (Å²) in [6.45, 7) is 4.58. The van der Waals surface area contributed by atoms with Crippen LogP contribution in [-0.2, 0) is 11.2 Å². The summed E-state index contributed by atoms with van der Waals surface area (Å²) in [6.07, 6.45) is 13.0. The maximum absolute atomic E-state index is 14.5. The van der Waals surface area contributed by atoms with Gasteiger partial charge in [-0.3, -0.25) is 0 Å². The molecule has 0 spiro atoms. The monoisotopic (exact) mass is 420 g/mol. The number of aryl methyl sites for hydroxylation is 1. The van der Waals surface area contributed by atoms with E-state index in [0.717, 1.165) is 44.9 Å². The Labute approximate surface area is 183 Å². The number of halogens is 2. The molecular formula is C27H42F2O. The van der Waals surface area contributed by atoms with Crippen LogP contribution in [0.3, 0.4) is 0 Å². The third-order valence-electron chi connectivity index (χ3n) is 7.51. The molecule has 3 heteroatoms. The Bertz CT molecular complexity index is 604. The van der Waals surface area contributed by atoms with E-state index in [1.807, 2.05) is 0 Å². The highest BCUT2D eigenvalue weighted by molar-refractivity contribution is 5.26. The van der Waals surface area contributed by atoms with Gasteiger partial charge in [0.25, 0.3) is 5.92 Å². The van der Waals surface area contributed by atoms with Crippen LogP contribution in [0.15, 0.2) is 24.3 Å². The number of benzene rings is 1. The summed E-state index contributed by atoms with van der Waals surface area (Å²) in [5.41, 5.74) is 2.88. The highest BCUT2D eigenvalue weighted by atomic mass is 19.3. The minimum Gasteiger partial charge on any atom is -0.378 e. The van der Waals surface area contributed by atoms with Gasteiger partial charge in [0, 0.05) is 12.3 Å². The zero-order valence-corrected chi connectivity index (χ0v) is 19.2. The Balaban J connectivity index is 1.39. The molecule has 0 heterocycles. The van der Waals surface area contributed by atoms with E-state index in [0.29, 0.717) is 12.3 Å². The zero-order valence-electron chi connectivity index (χ0n) is 19.2. The standard InChI is InChI=1S/C27H42F2O/c1-3-5-6-8-21-9-12-23(13-10-21)24-14-17-26(18-15-24)30-20-25-16-11-22(7-4-2)19-27(25,28)29/h9-10,12-13,22,24-26H,3-8,11,14-20H2,1-2H3. The number of ether oxygens (including phenoxy) is 1. The minimum absolute atomic E-state index is 0.0655. The molecule has 0 bridgehead atoms. The van der Waals surface area contributed by atoms with Crippen LogP contribution in [0.1, 0.15) is 108 Å². The molecule has 2 unspecified atom stereocenters. The van der Waals surface area contributed by atoms with Gasteiger partial charge in [0.1, 0.15) is 0 Å². The number of hydrogen-bond acceptors (Lipinski definition) is 1. The first-order valence-corrected chi connectivity index (χ1v) is 12.6. The summed E-state index contributed by atoms with van der Waals surface area (Å²) in [4.78, 5) is 0. The fraction of sp³-hybridized carbons (Fsp3) is 0.778. The Morgan fingerprint density at radius 1 is 0.900 bits per heavy atom. The van der Waals surface area contributed by atoms with Crippen LogP contribution < -0.4 is 0 Å². The molecular weight excluding hydrogens is 378 g/mol. The van der Waals surface area contributed by atoms with Crippen molar-refractivity contribution < 1.29 is 13.5 Å². The first-order chi connectivity index (χ1) is 14.5. The fourth-order valence-corrected chi connectivity index (χ4v) is 5.51. The third-order valence-corrected chi connectivity index (χ3v) is 7.51. The van der Waals surface area contributed by atoms with E-state index < -0.39 is 11.8 Å². The van der Waals surface area contributed by atoms with E-state index in [4.69, 9.17) is 4.74 Å². The molecule has 3 rings (SSSR count). The van der Waals surface area contributed by atoms with Crippen LogP contribution in [0.25, 0.3) is 0 Å². The lowest BCUT2D eigenvalue weighted by molar-refractivity contribution is -0.136. The number of rotatable bonds is 10. The summed E-state index contributed by atoms with van der Waals surface area (Å²) >= 11 is 0. The predicted octanol–water partition coefficient (Wildman–Crippen LogP) is 8.31. The van der Waals surface area contributed by atoms with Gasteiger partial charge in [-0.05, 0) is 74.3 Å². The Morgan fingerprint density at radius 3 is 2.27 bits per heavy atom. The normalized spacial score (nSPS) is 29.1. The van der Waals surface area contributed by atoms with Crippen LogP contribution in [0, 0.1) is 11.8 Å². The van der Waals surface area contributed by atoms with Crippen LogP contribution in [0.4, 0.5) is 8.78 Å². The molecule has 1 nitrogen and oxygen atoms in total. The average Bonchev–Trinajstić information content (AvgIpc) is 2.74. The SMILES string of the molecule is CCCCCc1ccc(C2CCC(OCC3CCC(CCC)CC3(F)F)CC2)cc1. The Hall–Kier alpha value is -0.960. The van der Waals surface area contributed by atoms with Crippen molar-refractivity contribution in [3.63, 3.8) is 0 Å². The minimum atomic E-state index is -2.55. The molecule has 30 heavy (non-hydrogen) atoms. The topological polar surface area (TPSA) is 9.23 Å². The van der Waals surface area contributed by atoms with Crippen molar-refractivity contribution in [2.75, 3.05) is 6.61 Å².